The number of nitrogens with one attached hydrogen (secondary N) is 1. The Morgan fingerprint density at radius 1 is 1.09 bits per heavy atom. The van der Waals surface area contributed by atoms with Crippen molar-refractivity contribution in [2.24, 2.45) is 10.7 Å². The maximum absolute atomic E-state index is 5.92. The van der Waals surface area contributed by atoms with Gasteiger partial charge in [0, 0.05) is 13.2 Å². The number of rotatable bonds is 11. The standard InChI is InChI=1S/C18H31N3O.HI/c1-3-5-6-9-12-20-18(19)21-14-16-10-7-8-11-17(16)15-22-13-4-2;/h7-8,10-11H,3-6,9,12-15H2,1-2H3,(H3,19,20,21);1H. The van der Waals surface area contributed by atoms with Gasteiger partial charge in [-0.3, -0.25) is 0 Å². The van der Waals surface area contributed by atoms with Crippen LogP contribution >= 0.6 is 24.0 Å². The van der Waals surface area contributed by atoms with Gasteiger partial charge >= 0.3 is 0 Å². The van der Waals surface area contributed by atoms with Crippen molar-refractivity contribution in [3.63, 3.8) is 0 Å². The summed E-state index contributed by atoms with van der Waals surface area (Å²) in [4.78, 5) is 4.43. The fourth-order valence-electron chi connectivity index (χ4n) is 2.17. The highest BCUT2D eigenvalue weighted by Crippen LogP contribution is 2.11. The van der Waals surface area contributed by atoms with Gasteiger partial charge in [0.05, 0.1) is 13.2 Å². The second kappa shape index (κ2) is 14.8. The molecule has 0 aliphatic heterocycles. The van der Waals surface area contributed by atoms with Crippen molar-refractivity contribution in [3.8, 4) is 0 Å². The summed E-state index contributed by atoms with van der Waals surface area (Å²) in [6, 6.07) is 8.24. The Balaban J connectivity index is 0.00000484. The van der Waals surface area contributed by atoms with Crippen LogP contribution in [0.25, 0.3) is 0 Å². The summed E-state index contributed by atoms with van der Waals surface area (Å²) < 4.78 is 5.62. The first-order valence-corrected chi connectivity index (χ1v) is 8.46. The van der Waals surface area contributed by atoms with E-state index in [0.29, 0.717) is 19.1 Å². The average Bonchev–Trinajstić information content (AvgIpc) is 2.54. The monoisotopic (exact) mass is 433 g/mol. The molecular weight excluding hydrogens is 401 g/mol. The summed E-state index contributed by atoms with van der Waals surface area (Å²) >= 11 is 0. The normalized spacial score (nSPS) is 11.1. The molecule has 23 heavy (non-hydrogen) atoms. The van der Waals surface area contributed by atoms with Gasteiger partial charge in [0.25, 0.3) is 0 Å². The molecule has 0 radical (unpaired) electrons. The van der Waals surface area contributed by atoms with Crippen LogP contribution in [0.2, 0.25) is 0 Å². The zero-order valence-electron chi connectivity index (χ0n) is 14.5. The van der Waals surface area contributed by atoms with E-state index in [-0.39, 0.29) is 24.0 Å². The summed E-state index contributed by atoms with van der Waals surface area (Å²) in [5.74, 6) is 0.528. The number of benzene rings is 1. The van der Waals surface area contributed by atoms with Crippen LogP contribution < -0.4 is 11.1 Å². The minimum atomic E-state index is 0. The third-order valence-corrected chi connectivity index (χ3v) is 3.48. The van der Waals surface area contributed by atoms with E-state index in [1.54, 1.807) is 0 Å². The molecule has 0 unspecified atom stereocenters. The molecule has 4 nitrogen and oxygen atoms in total. The second-order valence-electron chi connectivity index (χ2n) is 5.51. The summed E-state index contributed by atoms with van der Waals surface area (Å²) in [6.45, 7) is 7.26. The SMILES string of the molecule is CCCCCCNC(N)=NCc1ccccc1COCCC.I. The molecule has 0 aromatic heterocycles. The van der Waals surface area contributed by atoms with E-state index in [1.807, 2.05) is 12.1 Å². The van der Waals surface area contributed by atoms with Crippen molar-refractivity contribution >= 4 is 29.9 Å². The van der Waals surface area contributed by atoms with E-state index in [0.717, 1.165) is 26.0 Å². The van der Waals surface area contributed by atoms with Crippen molar-refractivity contribution < 1.29 is 4.74 Å². The van der Waals surface area contributed by atoms with E-state index in [9.17, 15) is 0 Å². The maximum atomic E-state index is 5.92. The molecule has 0 aliphatic rings. The van der Waals surface area contributed by atoms with Gasteiger partial charge in [0.2, 0.25) is 0 Å². The Labute approximate surface area is 158 Å². The molecule has 5 heteroatoms. The Bertz CT molecular complexity index is 438. The van der Waals surface area contributed by atoms with Crippen LogP contribution in [-0.4, -0.2) is 19.1 Å². The van der Waals surface area contributed by atoms with Gasteiger partial charge in [0.1, 0.15) is 0 Å². The van der Waals surface area contributed by atoms with Gasteiger partial charge < -0.3 is 15.8 Å². The van der Waals surface area contributed by atoms with Gasteiger partial charge in [0.15, 0.2) is 5.96 Å². The number of hydrogen-bond donors (Lipinski definition) is 2. The van der Waals surface area contributed by atoms with Crippen molar-refractivity contribution in [2.75, 3.05) is 13.2 Å². The van der Waals surface area contributed by atoms with Gasteiger partial charge in [-0.05, 0) is 24.0 Å². The molecule has 0 aliphatic carbocycles. The first kappa shape index (κ1) is 22.2. The predicted molar refractivity (Wildman–Crippen MR) is 109 cm³/mol. The van der Waals surface area contributed by atoms with E-state index >= 15 is 0 Å². The smallest absolute Gasteiger partial charge is 0.188 e. The van der Waals surface area contributed by atoms with Gasteiger partial charge in [-0.1, -0.05) is 57.4 Å². The second-order valence-corrected chi connectivity index (χ2v) is 5.51. The molecule has 0 bridgehead atoms. The van der Waals surface area contributed by atoms with Gasteiger partial charge in [-0.25, -0.2) is 4.99 Å². The first-order valence-electron chi connectivity index (χ1n) is 8.46. The number of unbranched alkanes of at least 4 members (excludes halogenated alkanes) is 3. The van der Waals surface area contributed by atoms with Crippen molar-refractivity contribution in [2.45, 2.75) is 59.1 Å². The minimum Gasteiger partial charge on any atom is -0.377 e. The number of nitrogens with two attached hydrogens (primary N) is 1. The molecule has 3 N–H and O–H groups in total. The molecule has 0 saturated heterocycles. The number of halogens is 1. The van der Waals surface area contributed by atoms with E-state index in [1.165, 1.54) is 30.4 Å². The Morgan fingerprint density at radius 3 is 2.52 bits per heavy atom. The molecule has 0 spiro atoms. The third kappa shape index (κ3) is 10.5. The number of nitrogens with zero attached hydrogens (tertiary/aromatic N) is 1. The highest BCUT2D eigenvalue weighted by molar-refractivity contribution is 14.0. The molecule has 0 saturated carbocycles. The number of aliphatic imine (C=N–C) groups is 1. The van der Waals surface area contributed by atoms with Crippen LogP contribution in [0.5, 0.6) is 0 Å². The van der Waals surface area contributed by atoms with E-state index < -0.39 is 0 Å². The lowest BCUT2D eigenvalue weighted by Gasteiger charge is -2.09. The fraction of sp³-hybridized carbons (Fsp3) is 0.611. The molecule has 0 heterocycles. The van der Waals surface area contributed by atoms with Gasteiger partial charge in [-0.15, -0.1) is 24.0 Å². The van der Waals surface area contributed by atoms with Crippen molar-refractivity contribution in [3.05, 3.63) is 35.4 Å². The molecule has 0 amide bonds. The largest absolute Gasteiger partial charge is 0.377 e. The first-order chi connectivity index (χ1) is 10.8. The Hall–Kier alpha value is -0.820. The van der Waals surface area contributed by atoms with Gasteiger partial charge in [-0.2, -0.15) is 0 Å². The predicted octanol–water partition coefficient (Wildman–Crippen LogP) is 4.22. The zero-order valence-corrected chi connectivity index (χ0v) is 16.8. The molecule has 1 aromatic carbocycles. The topological polar surface area (TPSA) is 59.6 Å². The summed E-state index contributed by atoms with van der Waals surface area (Å²) in [6.07, 6.45) is 5.96. The third-order valence-electron chi connectivity index (χ3n) is 3.48. The van der Waals surface area contributed by atoms with Crippen LogP contribution in [0.1, 0.15) is 57.1 Å². The summed E-state index contributed by atoms with van der Waals surface area (Å²) in [5.41, 5.74) is 8.28. The lowest BCUT2D eigenvalue weighted by molar-refractivity contribution is 0.121. The van der Waals surface area contributed by atoms with Crippen molar-refractivity contribution in [1.29, 1.82) is 0 Å². The lowest BCUT2D eigenvalue weighted by Crippen LogP contribution is -2.32. The molecule has 1 aromatic rings. The quantitative estimate of drug-likeness (QED) is 0.238. The molecule has 132 valence electrons. The summed E-state index contributed by atoms with van der Waals surface area (Å²) in [7, 11) is 0. The van der Waals surface area contributed by atoms with Crippen LogP contribution in [0.15, 0.2) is 29.3 Å². The highest BCUT2D eigenvalue weighted by atomic mass is 127. The zero-order chi connectivity index (χ0) is 16.0. The molecule has 0 fully saturated rings. The number of ether oxygens (including phenoxy) is 1. The minimum absolute atomic E-state index is 0. The van der Waals surface area contributed by atoms with E-state index in [2.05, 4.69) is 36.3 Å². The Kier molecular flexibility index (Phi) is 14.2. The van der Waals surface area contributed by atoms with Crippen molar-refractivity contribution in [1.82, 2.24) is 5.32 Å². The molecule has 1 rings (SSSR count). The molecular formula is C18H32IN3O. The highest BCUT2D eigenvalue weighted by Gasteiger charge is 2.01. The van der Waals surface area contributed by atoms with Crippen LogP contribution in [0.3, 0.4) is 0 Å². The van der Waals surface area contributed by atoms with E-state index in [4.69, 9.17) is 10.5 Å². The van der Waals surface area contributed by atoms with Crippen LogP contribution in [0.4, 0.5) is 0 Å². The summed E-state index contributed by atoms with van der Waals surface area (Å²) in [5, 5.41) is 3.18. The maximum Gasteiger partial charge on any atom is 0.188 e. The Morgan fingerprint density at radius 2 is 1.83 bits per heavy atom. The van der Waals surface area contributed by atoms with Crippen LogP contribution in [-0.2, 0) is 17.9 Å². The number of guanidine groups is 1. The fourth-order valence-corrected chi connectivity index (χ4v) is 2.17. The average molecular weight is 433 g/mol. The van der Waals surface area contributed by atoms with Crippen LogP contribution in [0, 0.1) is 0 Å². The lowest BCUT2D eigenvalue weighted by atomic mass is 10.1. The molecule has 0 atom stereocenters. The number of hydrogen-bond acceptors (Lipinski definition) is 2.